The van der Waals surface area contributed by atoms with Crippen molar-refractivity contribution in [3.8, 4) is 11.5 Å². The Labute approximate surface area is 126 Å². The van der Waals surface area contributed by atoms with Gasteiger partial charge in [0.05, 0.1) is 17.8 Å². The Morgan fingerprint density at radius 2 is 1.95 bits per heavy atom. The second kappa shape index (κ2) is 6.20. The molecular formula is C14H12Cl2FNO2. The zero-order valence-electron chi connectivity index (χ0n) is 10.6. The monoisotopic (exact) mass is 315 g/mol. The molecule has 20 heavy (non-hydrogen) atoms. The van der Waals surface area contributed by atoms with Gasteiger partial charge in [-0.25, -0.2) is 4.39 Å². The molecule has 2 aromatic rings. The van der Waals surface area contributed by atoms with E-state index in [0.717, 1.165) is 0 Å². The molecule has 0 aliphatic rings. The van der Waals surface area contributed by atoms with Crippen molar-refractivity contribution in [3.05, 3.63) is 51.8 Å². The molecule has 0 aliphatic carbocycles. The van der Waals surface area contributed by atoms with Gasteiger partial charge in [0.1, 0.15) is 23.9 Å². The van der Waals surface area contributed by atoms with Crippen LogP contribution in [-0.4, -0.2) is 7.11 Å². The first kappa shape index (κ1) is 14.8. The lowest BCUT2D eigenvalue weighted by molar-refractivity contribution is 0.296. The Kier molecular flexibility index (Phi) is 4.57. The molecule has 0 saturated heterocycles. The minimum Gasteiger partial charge on any atom is -0.495 e. The molecule has 2 N–H and O–H groups in total. The van der Waals surface area contributed by atoms with Gasteiger partial charge in [-0.05, 0) is 24.3 Å². The summed E-state index contributed by atoms with van der Waals surface area (Å²) in [6, 6.07) is 7.42. The molecule has 3 nitrogen and oxygen atoms in total. The first-order chi connectivity index (χ1) is 9.51. The molecule has 2 rings (SSSR count). The van der Waals surface area contributed by atoms with Crippen LogP contribution in [0.4, 0.5) is 10.1 Å². The van der Waals surface area contributed by atoms with E-state index >= 15 is 0 Å². The van der Waals surface area contributed by atoms with Crippen LogP contribution in [0.15, 0.2) is 30.3 Å². The number of ether oxygens (including phenoxy) is 2. The highest BCUT2D eigenvalue weighted by atomic mass is 35.5. The van der Waals surface area contributed by atoms with Crippen LogP contribution in [0.3, 0.4) is 0 Å². The van der Waals surface area contributed by atoms with Crippen LogP contribution in [0, 0.1) is 5.82 Å². The maximum Gasteiger partial charge on any atom is 0.146 e. The van der Waals surface area contributed by atoms with Gasteiger partial charge in [0.2, 0.25) is 0 Å². The van der Waals surface area contributed by atoms with Gasteiger partial charge in [-0.15, -0.1) is 0 Å². The Morgan fingerprint density at radius 3 is 2.60 bits per heavy atom. The van der Waals surface area contributed by atoms with Crippen LogP contribution < -0.4 is 15.2 Å². The van der Waals surface area contributed by atoms with Gasteiger partial charge in [-0.2, -0.15) is 0 Å². The Hall–Kier alpha value is -1.65. The van der Waals surface area contributed by atoms with Crippen LogP contribution in [-0.2, 0) is 6.61 Å². The van der Waals surface area contributed by atoms with Crippen molar-refractivity contribution in [2.75, 3.05) is 12.8 Å². The summed E-state index contributed by atoms with van der Waals surface area (Å²) in [5.74, 6) is 0.453. The summed E-state index contributed by atoms with van der Waals surface area (Å²) in [7, 11) is 1.51. The average molecular weight is 316 g/mol. The topological polar surface area (TPSA) is 44.5 Å². The SMILES string of the molecule is COc1c(Cl)cc(Cl)cc1COc1ccc(F)c(N)c1. The zero-order valence-corrected chi connectivity index (χ0v) is 12.1. The summed E-state index contributed by atoms with van der Waals surface area (Å²) in [5, 5.41) is 0.880. The zero-order chi connectivity index (χ0) is 14.7. The highest BCUT2D eigenvalue weighted by molar-refractivity contribution is 6.35. The highest BCUT2D eigenvalue weighted by Crippen LogP contribution is 2.33. The molecule has 106 valence electrons. The molecule has 0 atom stereocenters. The molecular weight excluding hydrogens is 304 g/mol. The highest BCUT2D eigenvalue weighted by Gasteiger charge is 2.11. The molecule has 0 radical (unpaired) electrons. The van der Waals surface area contributed by atoms with Gasteiger partial charge in [0.25, 0.3) is 0 Å². The predicted octanol–water partition coefficient (Wildman–Crippen LogP) is 4.30. The maximum absolute atomic E-state index is 13.1. The molecule has 0 spiro atoms. The number of methoxy groups -OCH3 is 1. The number of benzene rings is 2. The Bertz CT molecular complexity index is 635. The molecule has 0 unspecified atom stereocenters. The second-order valence-corrected chi connectivity index (χ2v) is 4.90. The van der Waals surface area contributed by atoms with Crippen molar-refractivity contribution in [3.63, 3.8) is 0 Å². The van der Waals surface area contributed by atoms with Gasteiger partial charge >= 0.3 is 0 Å². The van der Waals surface area contributed by atoms with E-state index in [1.54, 1.807) is 12.1 Å². The van der Waals surface area contributed by atoms with Gasteiger partial charge in [0.15, 0.2) is 0 Å². The van der Waals surface area contributed by atoms with E-state index in [0.29, 0.717) is 27.1 Å². The van der Waals surface area contributed by atoms with Crippen LogP contribution >= 0.6 is 23.2 Å². The molecule has 0 bridgehead atoms. The summed E-state index contributed by atoms with van der Waals surface area (Å²) in [6.07, 6.45) is 0. The van der Waals surface area contributed by atoms with E-state index in [1.165, 1.54) is 25.3 Å². The summed E-state index contributed by atoms with van der Waals surface area (Å²) in [6.45, 7) is 0.175. The van der Waals surface area contributed by atoms with Crippen molar-refractivity contribution >= 4 is 28.9 Å². The predicted molar refractivity (Wildman–Crippen MR) is 78.2 cm³/mol. The standard InChI is InChI=1S/C14H12Cl2FNO2/c1-19-14-8(4-9(15)5-11(14)16)7-20-10-2-3-12(17)13(18)6-10/h2-6H,7,18H2,1H3. The largest absolute Gasteiger partial charge is 0.495 e. The number of anilines is 1. The van der Waals surface area contributed by atoms with E-state index in [-0.39, 0.29) is 12.3 Å². The first-order valence-electron chi connectivity index (χ1n) is 5.71. The fraction of sp³-hybridized carbons (Fsp3) is 0.143. The van der Waals surface area contributed by atoms with Crippen LogP contribution in [0.2, 0.25) is 10.0 Å². The molecule has 6 heteroatoms. The summed E-state index contributed by atoms with van der Waals surface area (Å²) >= 11 is 12.0. The smallest absolute Gasteiger partial charge is 0.146 e. The van der Waals surface area contributed by atoms with E-state index in [2.05, 4.69) is 0 Å². The molecule has 0 saturated carbocycles. The number of rotatable bonds is 4. The van der Waals surface area contributed by atoms with E-state index < -0.39 is 5.82 Å². The third kappa shape index (κ3) is 3.26. The first-order valence-corrected chi connectivity index (χ1v) is 6.46. The molecule has 2 aromatic carbocycles. The van der Waals surface area contributed by atoms with Crippen LogP contribution in [0.1, 0.15) is 5.56 Å². The molecule has 0 aromatic heterocycles. The lowest BCUT2D eigenvalue weighted by atomic mass is 10.2. The maximum atomic E-state index is 13.1. The normalized spacial score (nSPS) is 10.4. The average Bonchev–Trinajstić information content (AvgIpc) is 2.39. The number of hydrogen-bond acceptors (Lipinski definition) is 3. The van der Waals surface area contributed by atoms with E-state index in [4.69, 9.17) is 38.4 Å². The van der Waals surface area contributed by atoms with Gasteiger partial charge in [-0.1, -0.05) is 23.2 Å². The van der Waals surface area contributed by atoms with Crippen molar-refractivity contribution < 1.29 is 13.9 Å². The molecule has 0 amide bonds. The van der Waals surface area contributed by atoms with Gasteiger partial charge in [-0.3, -0.25) is 0 Å². The fourth-order valence-electron chi connectivity index (χ4n) is 1.72. The molecule has 0 heterocycles. The lowest BCUT2D eigenvalue weighted by Gasteiger charge is -2.12. The summed E-state index contributed by atoms with van der Waals surface area (Å²) in [4.78, 5) is 0. The number of halogens is 3. The third-order valence-electron chi connectivity index (χ3n) is 2.65. The Morgan fingerprint density at radius 1 is 1.20 bits per heavy atom. The second-order valence-electron chi connectivity index (χ2n) is 4.05. The van der Waals surface area contributed by atoms with Crippen molar-refractivity contribution in [1.82, 2.24) is 0 Å². The van der Waals surface area contributed by atoms with Crippen molar-refractivity contribution in [2.45, 2.75) is 6.61 Å². The molecule has 0 aliphatic heterocycles. The fourth-order valence-corrected chi connectivity index (χ4v) is 2.33. The number of nitrogens with two attached hydrogens (primary N) is 1. The minimum absolute atomic E-state index is 0.0265. The van der Waals surface area contributed by atoms with E-state index in [9.17, 15) is 4.39 Å². The molecule has 0 fully saturated rings. The number of nitrogen functional groups attached to an aromatic ring is 1. The van der Waals surface area contributed by atoms with Crippen molar-refractivity contribution in [1.29, 1.82) is 0 Å². The van der Waals surface area contributed by atoms with Crippen LogP contribution in [0.25, 0.3) is 0 Å². The van der Waals surface area contributed by atoms with Crippen LogP contribution in [0.5, 0.6) is 11.5 Å². The van der Waals surface area contributed by atoms with Crippen molar-refractivity contribution in [2.24, 2.45) is 0 Å². The number of hydrogen-bond donors (Lipinski definition) is 1. The Balaban J connectivity index is 2.20. The third-order valence-corrected chi connectivity index (χ3v) is 3.15. The minimum atomic E-state index is -0.485. The van der Waals surface area contributed by atoms with Gasteiger partial charge in [0, 0.05) is 16.7 Å². The summed E-state index contributed by atoms with van der Waals surface area (Å²) in [5.41, 5.74) is 6.19. The quantitative estimate of drug-likeness (QED) is 0.855. The van der Waals surface area contributed by atoms with E-state index in [1.807, 2.05) is 0 Å². The summed E-state index contributed by atoms with van der Waals surface area (Å²) < 4.78 is 23.8. The lowest BCUT2D eigenvalue weighted by Crippen LogP contribution is -2.00. The van der Waals surface area contributed by atoms with Gasteiger partial charge < -0.3 is 15.2 Å².